The van der Waals surface area contributed by atoms with Crippen LogP contribution in [-0.2, 0) is 12.9 Å². The fraction of sp³-hybridized carbons (Fsp3) is 0.321. The fourth-order valence-corrected chi connectivity index (χ4v) is 5.20. The molecule has 188 valence electrons. The first kappa shape index (κ1) is 24.6. The monoisotopic (exact) mass is 516 g/mol. The minimum Gasteiger partial charge on any atom is -0.366 e. The maximum Gasteiger partial charge on any atom is 0.282 e. The van der Waals surface area contributed by atoms with Gasteiger partial charge in [-0.1, -0.05) is 24.3 Å². The van der Waals surface area contributed by atoms with E-state index in [1.54, 1.807) is 9.80 Å². The lowest BCUT2D eigenvalue weighted by Gasteiger charge is -2.40. The number of halogens is 5. The van der Waals surface area contributed by atoms with Gasteiger partial charge >= 0.3 is 0 Å². The first-order valence-corrected chi connectivity index (χ1v) is 12.4. The number of nitrogens with zero attached hydrogens (tertiary/aromatic N) is 3. The van der Waals surface area contributed by atoms with Crippen molar-refractivity contribution in [3.05, 3.63) is 66.2 Å². The molecular formula is C28H27ClF4N3+. The van der Waals surface area contributed by atoms with Crippen molar-refractivity contribution in [3.8, 4) is 11.1 Å². The van der Waals surface area contributed by atoms with Crippen molar-refractivity contribution in [3.63, 3.8) is 0 Å². The van der Waals surface area contributed by atoms with Gasteiger partial charge in [-0.05, 0) is 35.4 Å². The number of aryl methyl sites for hydroxylation is 1. The van der Waals surface area contributed by atoms with E-state index < -0.39 is 19.3 Å². The van der Waals surface area contributed by atoms with E-state index in [4.69, 9.17) is 11.6 Å². The summed E-state index contributed by atoms with van der Waals surface area (Å²) in [5.74, 6) is -2.25. The Balaban J connectivity index is 1.74. The second-order valence-corrected chi connectivity index (χ2v) is 9.51. The lowest BCUT2D eigenvalue weighted by atomic mass is 9.94. The number of anilines is 2. The van der Waals surface area contributed by atoms with Crippen LogP contribution in [0.3, 0.4) is 0 Å². The van der Waals surface area contributed by atoms with Gasteiger partial charge < -0.3 is 9.80 Å². The molecule has 0 radical (unpaired) electrons. The summed E-state index contributed by atoms with van der Waals surface area (Å²) in [6, 6.07) is 19.7. The summed E-state index contributed by atoms with van der Waals surface area (Å²) in [5.41, 5.74) is 6.24. The second kappa shape index (κ2) is 9.77. The minimum absolute atomic E-state index is 0.104. The average molecular weight is 517 g/mol. The normalized spacial score (nSPS) is 14.9. The van der Waals surface area contributed by atoms with Gasteiger partial charge in [-0.3, -0.25) is 0 Å². The smallest absolute Gasteiger partial charge is 0.282 e. The van der Waals surface area contributed by atoms with E-state index in [1.165, 1.54) is 0 Å². The van der Waals surface area contributed by atoms with Gasteiger partial charge in [0.05, 0.1) is 23.9 Å². The number of aromatic nitrogens is 1. The van der Waals surface area contributed by atoms with Crippen molar-refractivity contribution >= 4 is 44.8 Å². The molecule has 8 heteroatoms. The summed E-state index contributed by atoms with van der Waals surface area (Å²) >= 11 is 6.00. The van der Waals surface area contributed by atoms with Crippen LogP contribution >= 0.6 is 11.6 Å². The molecule has 3 nitrogen and oxygen atoms in total. The first-order valence-electron chi connectivity index (χ1n) is 11.9. The molecule has 0 bridgehead atoms. The largest absolute Gasteiger partial charge is 0.366 e. The van der Waals surface area contributed by atoms with Crippen LogP contribution in [0.25, 0.3) is 32.9 Å². The molecule has 0 aliphatic carbocycles. The summed E-state index contributed by atoms with van der Waals surface area (Å²) in [7, 11) is 1.93. The molecule has 3 aromatic carbocycles. The molecule has 1 aliphatic heterocycles. The molecule has 0 N–H and O–H groups in total. The van der Waals surface area contributed by atoms with E-state index in [2.05, 4.69) is 0 Å². The fourth-order valence-electron chi connectivity index (χ4n) is 5.03. The molecule has 36 heavy (non-hydrogen) atoms. The zero-order chi connectivity index (χ0) is 25.4. The van der Waals surface area contributed by atoms with Crippen molar-refractivity contribution in [2.24, 2.45) is 7.05 Å². The van der Waals surface area contributed by atoms with Crippen LogP contribution in [0, 0.1) is 0 Å². The number of hydrogen-bond donors (Lipinski definition) is 0. The molecule has 2 heterocycles. The van der Waals surface area contributed by atoms with E-state index in [-0.39, 0.29) is 26.2 Å². The molecule has 0 saturated carbocycles. The maximum absolute atomic E-state index is 13.6. The number of hydrogen-bond acceptors (Lipinski definition) is 2. The highest BCUT2D eigenvalue weighted by molar-refractivity contribution is 6.17. The van der Waals surface area contributed by atoms with Crippen LogP contribution in [0.15, 0.2) is 60.7 Å². The Hall–Kier alpha value is -3.06. The van der Waals surface area contributed by atoms with Gasteiger partial charge in [-0.25, -0.2) is 17.6 Å². The van der Waals surface area contributed by atoms with Crippen LogP contribution in [0.4, 0.5) is 28.9 Å². The van der Waals surface area contributed by atoms with Gasteiger partial charge in [0.15, 0.2) is 0 Å². The summed E-state index contributed by atoms with van der Waals surface area (Å²) in [5, 5.41) is 1.97. The average Bonchev–Trinajstić information content (AvgIpc) is 2.87. The lowest BCUT2D eigenvalue weighted by molar-refractivity contribution is -0.617. The molecule has 1 aromatic heterocycles. The number of fused-ring (bicyclic) bond motifs is 2. The Kier molecular flexibility index (Phi) is 6.68. The quantitative estimate of drug-likeness (QED) is 0.116. The predicted octanol–water partition coefficient (Wildman–Crippen LogP) is 6.42. The topological polar surface area (TPSA) is 10.4 Å². The molecule has 5 rings (SSSR count). The van der Waals surface area contributed by atoms with E-state index in [9.17, 15) is 17.6 Å². The van der Waals surface area contributed by atoms with Crippen molar-refractivity contribution in [2.75, 3.05) is 49.3 Å². The van der Waals surface area contributed by atoms with Gasteiger partial charge in [-0.2, -0.15) is 4.57 Å². The van der Waals surface area contributed by atoms with Crippen LogP contribution in [0.1, 0.15) is 5.56 Å². The first-order chi connectivity index (χ1) is 17.3. The third kappa shape index (κ3) is 4.45. The molecular weight excluding hydrogens is 490 g/mol. The highest BCUT2D eigenvalue weighted by Gasteiger charge is 2.44. The van der Waals surface area contributed by atoms with Crippen molar-refractivity contribution in [1.82, 2.24) is 0 Å². The molecule has 4 aromatic rings. The zero-order valence-electron chi connectivity index (χ0n) is 20.0. The van der Waals surface area contributed by atoms with Crippen molar-refractivity contribution < 1.29 is 22.1 Å². The van der Waals surface area contributed by atoms with Crippen LogP contribution in [-0.4, -0.2) is 45.5 Å². The number of benzene rings is 3. The van der Waals surface area contributed by atoms with Gasteiger partial charge in [0, 0.05) is 48.0 Å². The van der Waals surface area contributed by atoms with Crippen molar-refractivity contribution in [2.45, 2.75) is 11.8 Å². The zero-order valence-corrected chi connectivity index (χ0v) is 20.7. The third-order valence-corrected chi connectivity index (χ3v) is 7.21. The molecule has 0 amide bonds. The Morgan fingerprint density at radius 1 is 0.889 bits per heavy atom. The maximum atomic E-state index is 13.6. The lowest BCUT2D eigenvalue weighted by Crippen LogP contribution is -2.56. The SMILES string of the molecule is C[n+]1c2cc(N(CCF)CCF)ccc2c(-c2ccc(CCl)cc2)c2ccc(N3CC(F)(F)C3)cc21. The van der Waals surface area contributed by atoms with Gasteiger partial charge in [0.1, 0.15) is 20.4 Å². The summed E-state index contributed by atoms with van der Waals surface area (Å²) in [4.78, 5) is 3.36. The Morgan fingerprint density at radius 3 is 2.08 bits per heavy atom. The minimum atomic E-state index is -2.67. The summed E-state index contributed by atoms with van der Waals surface area (Å²) in [6.45, 7) is -1.55. The number of rotatable bonds is 8. The molecule has 1 saturated heterocycles. The van der Waals surface area contributed by atoms with E-state index in [1.807, 2.05) is 72.3 Å². The molecule has 0 spiro atoms. The second-order valence-electron chi connectivity index (χ2n) is 9.24. The summed E-state index contributed by atoms with van der Waals surface area (Å²) in [6.07, 6.45) is 0. The van der Waals surface area contributed by atoms with E-state index in [0.717, 1.165) is 49.9 Å². The Labute approximate surface area is 212 Å². The molecule has 1 aliphatic rings. The molecule has 1 fully saturated rings. The van der Waals surface area contributed by atoms with Crippen LogP contribution in [0.2, 0.25) is 0 Å². The van der Waals surface area contributed by atoms with Gasteiger partial charge in [-0.15, -0.1) is 11.6 Å². The molecule has 0 unspecified atom stereocenters. The predicted molar refractivity (Wildman–Crippen MR) is 139 cm³/mol. The summed E-state index contributed by atoms with van der Waals surface area (Å²) < 4.78 is 55.5. The number of pyridine rings is 1. The standard InChI is InChI=1S/C28H27ClF4N3/c1-34-25-14-21(35(12-10-30)13-11-31)6-8-23(25)27(20-4-2-19(16-29)3-5-20)24-9-7-22(15-26(24)34)36-17-28(32,33)18-36/h2-9,14-15H,10-13,16-18H2,1H3/q+1. The number of alkyl halides is 5. The highest BCUT2D eigenvalue weighted by atomic mass is 35.5. The molecule has 0 atom stereocenters. The Bertz CT molecular complexity index is 1390. The van der Waals surface area contributed by atoms with Crippen LogP contribution < -0.4 is 14.4 Å². The third-order valence-electron chi connectivity index (χ3n) is 6.90. The van der Waals surface area contributed by atoms with Crippen LogP contribution in [0.5, 0.6) is 0 Å². The van der Waals surface area contributed by atoms with Gasteiger partial charge in [0.25, 0.3) is 5.92 Å². The van der Waals surface area contributed by atoms with Crippen molar-refractivity contribution in [1.29, 1.82) is 0 Å². The van der Waals surface area contributed by atoms with E-state index in [0.29, 0.717) is 5.88 Å². The Morgan fingerprint density at radius 2 is 1.50 bits per heavy atom. The van der Waals surface area contributed by atoms with Gasteiger partial charge in [0.2, 0.25) is 11.0 Å². The highest BCUT2D eigenvalue weighted by Crippen LogP contribution is 2.38. The van der Waals surface area contributed by atoms with E-state index >= 15 is 0 Å².